The van der Waals surface area contributed by atoms with Gasteiger partial charge in [0.05, 0.1) is 14.2 Å². The summed E-state index contributed by atoms with van der Waals surface area (Å²) in [6.07, 6.45) is 6.73. The monoisotopic (exact) mass is 297 g/mol. The number of benzene rings is 2. The van der Waals surface area contributed by atoms with E-state index in [1.165, 1.54) is 18.4 Å². The minimum absolute atomic E-state index is 0.427. The molecule has 0 N–H and O–H groups in total. The predicted octanol–water partition coefficient (Wildman–Crippen LogP) is 5.21. The SMILES string of the molecule is COc1cc2c(N=O)cccc2c(C2=CCCCC2)c1OC. The Morgan fingerprint density at radius 2 is 1.95 bits per heavy atom. The molecule has 0 amide bonds. The van der Waals surface area contributed by atoms with E-state index in [4.69, 9.17) is 9.47 Å². The van der Waals surface area contributed by atoms with E-state index in [9.17, 15) is 4.91 Å². The van der Waals surface area contributed by atoms with Crippen LogP contribution in [0.4, 0.5) is 5.69 Å². The minimum atomic E-state index is 0.427. The molecule has 4 nitrogen and oxygen atoms in total. The Hall–Kier alpha value is -2.36. The van der Waals surface area contributed by atoms with Crippen molar-refractivity contribution < 1.29 is 9.47 Å². The highest BCUT2D eigenvalue weighted by molar-refractivity contribution is 6.03. The molecular formula is C18H19NO3. The van der Waals surface area contributed by atoms with Gasteiger partial charge in [-0.05, 0) is 54.0 Å². The quantitative estimate of drug-likeness (QED) is 0.727. The number of allylic oxidation sites excluding steroid dienone is 2. The molecule has 3 rings (SSSR count). The van der Waals surface area contributed by atoms with Crippen molar-refractivity contribution >= 4 is 22.0 Å². The molecule has 4 heteroatoms. The van der Waals surface area contributed by atoms with Gasteiger partial charge < -0.3 is 9.47 Å². The van der Waals surface area contributed by atoms with Crippen molar-refractivity contribution in [2.45, 2.75) is 25.7 Å². The maximum absolute atomic E-state index is 11.1. The molecule has 0 saturated carbocycles. The molecule has 0 saturated heterocycles. The van der Waals surface area contributed by atoms with Crippen LogP contribution in [0.1, 0.15) is 31.2 Å². The molecule has 0 unspecified atom stereocenters. The van der Waals surface area contributed by atoms with Gasteiger partial charge in [0, 0.05) is 10.9 Å². The van der Waals surface area contributed by atoms with Crippen LogP contribution >= 0.6 is 0 Å². The molecule has 2 aromatic carbocycles. The Morgan fingerprint density at radius 1 is 1.09 bits per heavy atom. The van der Waals surface area contributed by atoms with Crippen LogP contribution in [0, 0.1) is 4.91 Å². The van der Waals surface area contributed by atoms with Crippen molar-refractivity contribution in [3.8, 4) is 11.5 Å². The second-order valence-electron chi connectivity index (χ2n) is 5.43. The first-order valence-electron chi connectivity index (χ1n) is 7.50. The Morgan fingerprint density at radius 3 is 2.59 bits per heavy atom. The first-order valence-corrected chi connectivity index (χ1v) is 7.50. The molecule has 0 fully saturated rings. The Bertz CT molecular complexity index is 750. The number of methoxy groups -OCH3 is 2. The van der Waals surface area contributed by atoms with Crippen LogP contribution in [-0.4, -0.2) is 14.2 Å². The number of fused-ring (bicyclic) bond motifs is 1. The van der Waals surface area contributed by atoms with Crippen LogP contribution in [-0.2, 0) is 0 Å². The first kappa shape index (κ1) is 14.6. The fourth-order valence-corrected chi connectivity index (χ4v) is 3.18. The van der Waals surface area contributed by atoms with E-state index in [0.717, 1.165) is 34.9 Å². The third-order valence-corrected chi connectivity index (χ3v) is 4.21. The van der Waals surface area contributed by atoms with E-state index in [1.807, 2.05) is 18.2 Å². The number of nitrogens with zero attached hydrogens (tertiary/aromatic N) is 1. The molecular weight excluding hydrogens is 278 g/mol. The van der Waals surface area contributed by atoms with Gasteiger partial charge in [-0.1, -0.05) is 18.2 Å². The number of hydrogen-bond acceptors (Lipinski definition) is 4. The van der Waals surface area contributed by atoms with Gasteiger partial charge in [0.15, 0.2) is 11.5 Å². The lowest BCUT2D eigenvalue weighted by Gasteiger charge is -2.20. The lowest BCUT2D eigenvalue weighted by molar-refractivity contribution is 0.355. The van der Waals surface area contributed by atoms with Crippen LogP contribution in [0.5, 0.6) is 11.5 Å². The molecule has 1 aliphatic rings. The molecule has 0 radical (unpaired) electrons. The second-order valence-corrected chi connectivity index (χ2v) is 5.43. The molecule has 1 aliphatic carbocycles. The number of nitroso groups, excluding NO2 is 1. The molecule has 0 heterocycles. The van der Waals surface area contributed by atoms with E-state index >= 15 is 0 Å². The highest BCUT2D eigenvalue weighted by Crippen LogP contribution is 2.45. The number of hydrogen-bond donors (Lipinski definition) is 0. The largest absolute Gasteiger partial charge is 0.493 e. The lowest BCUT2D eigenvalue weighted by Crippen LogP contribution is -2.00. The highest BCUT2D eigenvalue weighted by atomic mass is 16.5. The van der Waals surface area contributed by atoms with E-state index in [1.54, 1.807) is 20.3 Å². The van der Waals surface area contributed by atoms with Crippen molar-refractivity contribution in [1.82, 2.24) is 0 Å². The van der Waals surface area contributed by atoms with Crippen LogP contribution in [0.25, 0.3) is 16.3 Å². The van der Waals surface area contributed by atoms with Gasteiger partial charge >= 0.3 is 0 Å². The second kappa shape index (κ2) is 6.18. The van der Waals surface area contributed by atoms with E-state index in [0.29, 0.717) is 11.4 Å². The van der Waals surface area contributed by atoms with E-state index < -0.39 is 0 Å². The average molecular weight is 297 g/mol. The van der Waals surface area contributed by atoms with Gasteiger partial charge in [-0.15, -0.1) is 4.91 Å². The normalized spacial score (nSPS) is 14.5. The zero-order valence-electron chi connectivity index (χ0n) is 12.9. The van der Waals surface area contributed by atoms with E-state index in [2.05, 4.69) is 11.3 Å². The van der Waals surface area contributed by atoms with Crippen molar-refractivity contribution in [2.75, 3.05) is 14.2 Å². The van der Waals surface area contributed by atoms with Crippen molar-refractivity contribution in [3.05, 3.63) is 40.8 Å². The van der Waals surface area contributed by atoms with Crippen molar-refractivity contribution in [1.29, 1.82) is 0 Å². The number of ether oxygens (including phenoxy) is 2. The molecule has 2 aromatic rings. The topological polar surface area (TPSA) is 47.9 Å². The van der Waals surface area contributed by atoms with Crippen LogP contribution < -0.4 is 9.47 Å². The van der Waals surface area contributed by atoms with Crippen molar-refractivity contribution in [3.63, 3.8) is 0 Å². The maximum atomic E-state index is 11.1. The predicted molar refractivity (Wildman–Crippen MR) is 89.0 cm³/mol. The summed E-state index contributed by atoms with van der Waals surface area (Å²) < 4.78 is 11.1. The minimum Gasteiger partial charge on any atom is -0.493 e. The van der Waals surface area contributed by atoms with Gasteiger partial charge in [-0.2, -0.15) is 0 Å². The molecule has 0 aliphatic heterocycles. The zero-order chi connectivity index (χ0) is 15.5. The summed E-state index contributed by atoms with van der Waals surface area (Å²) in [5.41, 5.74) is 2.72. The summed E-state index contributed by atoms with van der Waals surface area (Å²) in [4.78, 5) is 11.1. The van der Waals surface area contributed by atoms with Gasteiger partial charge in [-0.25, -0.2) is 0 Å². The molecule has 0 bridgehead atoms. The van der Waals surface area contributed by atoms with Crippen LogP contribution in [0.3, 0.4) is 0 Å². The summed E-state index contributed by atoms with van der Waals surface area (Å²) in [5, 5.41) is 4.94. The Balaban J connectivity index is 2.39. The zero-order valence-corrected chi connectivity index (χ0v) is 12.9. The smallest absolute Gasteiger partial charge is 0.168 e. The molecule has 0 aromatic heterocycles. The Labute approximate surface area is 129 Å². The summed E-state index contributed by atoms with van der Waals surface area (Å²) >= 11 is 0. The first-order chi connectivity index (χ1) is 10.8. The number of rotatable bonds is 4. The third kappa shape index (κ3) is 2.34. The fourth-order valence-electron chi connectivity index (χ4n) is 3.18. The van der Waals surface area contributed by atoms with Crippen molar-refractivity contribution in [2.24, 2.45) is 5.18 Å². The highest BCUT2D eigenvalue weighted by Gasteiger charge is 2.20. The summed E-state index contributed by atoms with van der Waals surface area (Å²) in [6, 6.07) is 7.42. The van der Waals surface area contributed by atoms with Crippen LogP contribution in [0.2, 0.25) is 0 Å². The molecule has 0 spiro atoms. The van der Waals surface area contributed by atoms with Gasteiger partial charge in [0.2, 0.25) is 0 Å². The van der Waals surface area contributed by atoms with Crippen LogP contribution in [0.15, 0.2) is 35.5 Å². The van der Waals surface area contributed by atoms with E-state index in [-0.39, 0.29) is 0 Å². The maximum Gasteiger partial charge on any atom is 0.168 e. The summed E-state index contributed by atoms with van der Waals surface area (Å²) in [6.45, 7) is 0. The molecule has 0 atom stereocenters. The summed E-state index contributed by atoms with van der Waals surface area (Å²) in [7, 11) is 3.26. The summed E-state index contributed by atoms with van der Waals surface area (Å²) in [5.74, 6) is 1.36. The fraction of sp³-hybridized carbons (Fsp3) is 0.333. The molecule has 114 valence electrons. The Kier molecular flexibility index (Phi) is 4.09. The average Bonchev–Trinajstić information content (AvgIpc) is 2.59. The van der Waals surface area contributed by atoms with Gasteiger partial charge in [0.25, 0.3) is 0 Å². The standard InChI is InChI=1S/C18H19NO3/c1-21-16-11-14-13(9-6-10-15(14)19-20)17(18(16)22-2)12-7-4-3-5-8-12/h6-7,9-11H,3-5,8H2,1-2H3. The van der Waals surface area contributed by atoms with Gasteiger partial charge in [-0.3, -0.25) is 0 Å². The molecule has 22 heavy (non-hydrogen) atoms. The third-order valence-electron chi connectivity index (χ3n) is 4.21. The lowest BCUT2D eigenvalue weighted by atomic mass is 9.89. The van der Waals surface area contributed by atoms with Gasteiger partial charge in [0.1, 0.15) is 5.69 Å².